The van der Waals surface area contributed by atoms with Crippen molar-refractivity contribution in [2.45, 2.75) is 11.3 Å². The lowest BCUT2D eigenvalue weighted by atomic mass is 10.1. The molecule has 10 nitrogen and oxygen atoms in total. The van der Waals surface area contributed by atoms with Crippen LogP contribution in [0.15, 0.2) is 47.4 Å². The van der Waals surface area contributed by atoms with Crippen LogP contribution >= 0.6 is 0 Å². The van der Waals surface area contributed by atoms with E-state index >= 15 is 0 Å². The summed E-state index contributed by atoms with van der Waals surface area (Å²) in [5, 5.41) is 20.1. The molecule has 0 saturated carbocycles. The van der Waals surface area contributed by atoms with Crippen LogP contribution in [0, 0.1) is 15.9 Å². The highest BCUT2D eigenvalue weighted by Gasteiger charge is 2.18. The van der Waals surface area contributed by atoms with Crippen molar-refractivity contribution in [1.29, 1.82) is 0 Å². The number of primary sulfonamides is 1. The Morgan fingerprint density at radius 2 is 1.75 bits per heavy atom. The molecule has 12 heteroatoms. The first kappa shape index (κ1) is 20.9. The summed E-state index contributed by atoms with van der Waals surface area (Å²) in [6.07, 6.45) is 0.311. The van der Waals surface area contributed by atoms with Crippen LogP contribution in [0.4, 0.5) is 15.8 Å². The van der Waals surface area contributed by atoms with Crippen LogP contribution in [-0.4, -0.2) is 31.7 Å². The van der Waals surface area contributed by atoms with Crippen molar-refractivity contribution in [3.05, 3.63) is 64.0 Å². The van der Waals surface area contributed by atoms with Gasteiger partial charge in [0.1, 0.15) is 0 Å². The second-order valence-electron chi connectivity index (χ2n) is 5.57. The third-order valence-electron chi connectivity index (χ3n) is 3.56. The van der Waals surface area contributed by atoms with Crippen molar-refractivity contribution in [3.63, 3.8) is 0 Å². The molecule has 28 heavy (non-hydrogen) atoms. The fourth-order valence-corrected chi connectivity index (χ4v) is 2.68. The van der Waals surface area contributed by atoms with E-state index in [1.165, 1.54) is 24.3 Å². The minimum atomic E-state index is -3.79. The summed E-state index contributed by atoms with van der Waals surface area (Å²) in [5.74, 6) is -3.14. The number of carbonyl (C=O) groups is 2. The molecule has 0 spiro atoms. The number of carbonyl (C=O) groups excluding carboxylic acids is 2. The number of nitrogens with zero attached hydrogens (tertiary/aromatic N) is 1. The van der Waals surface area contributed by atoms with Crippen LogP contribution in [-0.2, 0) is 26.0 Å². The molecule has 0 radical (unpaired) electrons. The molecular weight excluding hydrogens is 395 g/mol. The fourth-order valence-electron chi connectivity index (χ4n) is 2.16. The molecule has 0 fully saturated rings. The molecule has 0 aliphatic heterocycles. The number of halogens is 1. The number of amides is 2. The molecule has 2 aromatic carbocycles. The number of benzene rings is 2. The van der Waals surface area contributed by atoms with E-state index in [1.807, 2.05) is 0 Å². The monoisotopic (exact) mass is 410 g/mol. The summed E-state index contributed by atoms with van der Waals surface area (Å²) in [6, 6.07) is 8.36. The topological polar surface area (TPSA) is 162 Å². The number of nitrogens with one attached hydrogen (secondary N) is 2. The SMILES string of the molecule is NS(=O)(=O)c1ccc(CCNC(=O)C(=O)Nc2ccc(F)c([N+](=O)[O-])c2)cc1. The number of nitro benzene ring substituents is 1. The first-order valence-electron chi connectivity index (χ1n) is 7.73. The highest BCUT2D eigenvalue weighted by molar-refractivity contribution is 7.89. The number of nitrogens with two attached hydrogens (primary N) is 1. The maximum Gasteiger partial charge on any atom is 0.313 e. The first-order valence-corrected chi connectivity index (χ1v) is 9.27. The molecule has 2 rings (SSSR count). The van der Waals surface area contributed by atoms with Gasteiger partial charge in [0.2, 0.25) is 15.8 Å². The average Bonchev–Trinajstić information content (AvgIpc) is 2.62. The summed E-state index contributed by atoms with van der Waals surface area (Å²) in [5.41, 5.74) is -0.241. The van der Waals surface area contributed by atoms with Gasteiger partial charge in [-0.25, -0.2) is 13.6 Å². The van der Waals surface area contributed by atoms with Crippen LogP contribution in [0.25, 0.3) is 0 Å². The molecule has 0 saturated heterocycles. The minimum absolute atomic E-state index is 0.0481. The fraction of sp³-hybridized carbons (Fsp3) is 0.125. The van der Waals surface area contributed by atoms with Gasteiger partial charge in [0.25, 0.3) is 0 Å². The summed E-state index contributed by atoms with van der Waals surface area (Å²) in [4.78, 5) is 33.3. The standard InChI is InChI=1S/C16H15FN4O6S/c17-13-6-3-11(9-14(13)21(24)25)20-16(23)15(22)19-8-7-10-1-4-12(5-2-10)28(18,26)27/h1-6,9H,7-8H2,(H,19,22)(H,20,23)(H2,18,26,27). The smallest absolute Gasteiger partial charge is 0.313 e. The molecule has 148 valence electrons. The lowest BCUT2D eigenvalue weighted by molar-refractivity contribution is -0.387. The van der Waals surface area contributed by atoms with E-state index in [0.717, 1.165) is 18.2 Å². The predicted octanol–water partition coefficient (Wildman–Crippen LogP) is 0.679. The Kier molecular flexibility index (Phi) is 6.38. The van der Waals surface area contributed by atoms with Gasteiger partial charge in [-0.1, -0.05) is 12.1 Å². The maximum absolute atomic E-state index is 13.3. The highest BCUT2D eigenvalue weighted by Crippen LogP contribution is 2.21. The van der Waals surface area contributed by atoms with E-state index in [1.54, 1.807) is 0 Å². The largest absolute Gasteiger partial charge is 0.347 e. The van der Waals surface area contributed by atoms with Gasteiger partial charge in [-0.2, -0.15) is 4.39 Å². The molecule has 0 heterocycles. The Morgan fingerprint density at radius 1 is 1.11 bits per heavy atom. The van der Waals surface area contributed by atoms with Gasteiger partial charge >= 0.3 is 17.5 Å². The van der Waals surface area contributed by atoms with Gasteiger partial charge in [0.15, 0.2) is 0 Å². The van der Waals surface area contributed by atoms with Crippen LogP contribution in [0.2, 0.25) is 0 Å². The quantitative estimate of drug-likeness (QED) is 0.360. The van der Waals surface area contributed by atoms with Gasteiger partial charge in [-0.05, 0) is 36.2 Å². The van der Waals surface area contributed by atoms with Gasteiger partial charge in [-0.3, -0.25) is 19.7 Å². The van der Waals surface area contributed by atoms with Crippen molar-refractivity contribution >= 4 is 33.2 Å². The summed E-state index contributed by atoms with van der Waals surface area (Å²) < 4.78 is 35.6. The molecule has 0 bridgehead atoms. The molecule has 0 aliphatic rings. The molecule has 0 aliphatic carbocycles. The van der Waals surface area contributed by atoms with Crippen molar-refractivity contribution in [2.75, 3.05) is 11.9 Å². The Bertz CT molecular complexity index is 1020. The predicted molar refractivity (Wildman–Crippen MR) is 96.2 cm³/mol. The first-order chi connectivity index (χ1) is 13.1. The molecule has 0 aromatic heterocycles. The zero-order chi connectivity index (χ0) is 20.9. The van der Waals surface area contributed by atoms with E-state index in [4.69, 9.17) is 5.14 Å². The zero-order valence-electron chi connectivity index (χ0n) is 14.2. The van der Waals surface area contributed by atoms with Crippen LogP contribution in [0.3, 0.4) is 0 Å². The maximum atomic E-state index is 13.3. The van der Waals surface area contributed by atoms with E-state index < -0.39 is 38.3 Å². The summed E-state index contributed by atoms with van der Waals surface area (Å²) in [6.45, 7) is 0.0739. The summed E-state index contributed by atoms with van der Waals surface area (Å²) in [7, 11) is -3.79. The molecule has 2 amide bonds. The number of nitro groups is 1. The van der Waals surface area contributed by atoms with Crippen LogP contribution in [0.1, 0.15) is 5.56 Å². The third kappa shape index (κ3) is 5.56. The number of hydrogen-bond acceptors (Lipinski definition) is 6. The Hall–Kier alpha value is -3.38. The second-order valence-corrected chi connectivity index (χ2v) is 7.13. The van der Waals surface area contributed by atoms with E-state index in [-0.39, 0.29) is 17.1 Å². The van der Waals surface area contributed by atoms with Crippen molar-refractivity contribution in [3.8, 4) is 0 Å². The average molecular weight is 410 g/mol. The highest BCUT2D eigenvalue weighted by atomic mass is 32.2. The Balaban J connectivity index is 1.88. The van der Waals surface area contributed by atoms with Gasteiger partial charge < -0.3 is 10.6 Å². The number of sulfonamides is 1. The van der Waals surface area contributed by atoms with E-state index in [0.29, 0.717) is 12.0 Å². The molecule has 4 N–H and O–H groups in total. The van der Waals surface area contributed by atoms with Gasteiger partial charge in [0, 0.05) is 18.3 Å². The second kappa shape index (κ2) is 8.54. The van der Waals surface area contributed by atoms with Crippen molar-refractivity contribution in [1.82, 2.24) is 5.32 Å². The zero-order valence-corrected chi connectivity index (χ0v) is 15.0. The van der Waals surface area contributed by atoms with Crippen LogP contribution < -0.4 is 15.8 Å². The van der Waals surface area contributed by atoms with E-state index in [9.17, 15) is 32.5 Å². The van der Waals surface area contributed by atoms with Crippen molar-refractivity contribution < 1.29 is 27.3 Å². The van der Waals surface area contributed by atoms with Crippen molar-refractivity contribution in [2.24, 2.45) is 5.14 Å². The Labute approximate surface area is 158 Å². The number of hydrogen-bond donors (Lipinski definition) is 3. The third-order valence-corrected chi connectivity index (χ3v) is 4.49. The molecule has 0 atom stereocenters. The molecule has 0 unspecified atom stereocenters. The Morgan fingerprint density at radius 3 is 2.32 bits per heavy atom. The lowest BCUT2D eigenvalue weighted by Crippen LogP contribution is -2.36. The number of anilines is 1. The number of rotatable bonds is 6. The summed E-state index contributed by atoms with van der Waals surface area (Å²) >= 11 is 0. The molecule has 2 aromatic rings. The minimum Gasteiger partial charge on any atom is -0.347 e. The lowest BCUT2D eigenvalue weighted by Gasteiger charge is -2.07. The molecular formula is C16H15FN4O6S. The van der Waals surface area contributed by atoms with E-state index in [2.05, 4.69) is 10.6 Å². The van der Waals surface area contributed by atoms with Crippen LogP contribution in [0.5, 0.6) is 0 Å². The van der Waals surface area contributed by atoms with Gasteiger partial charge in [-0.15, -0.1) is 0 Å². The normalized spacial score (nSPS) is 10.9. The van der Waals surface area contributed by atoms with Gasteiger partial charge in [0.05, 0.1) is 9.82 Å².